The Balaban J connectivity index is 2.69. The molecule has 0 bridgehead atoms. The zero-order valence-corrected chi connectivity index (χ0v) is 13.6. The lowest BCUT2D eigenvalue weighted by Gasteiger charge is -2.15. The van der Waals surface area contributed by atoms with Crippen LogP contribution in [0.3, 0.4) is 0 Å². The first-order chi connectivity index (χ1) is 10.9. The van der Waals surface area contributed by atoms with E-state index in [0.29, 0.717) is 17.1 Å². The molecule has 0 aromatic heterocycles. The number of nitrogens with one attached hydrogen (secondary N) is 1. The molecule has 1 aromatic carbocycles. The zero-order chi connectivity index (χ0) is 18.3. The van der Waals surface area contributed by atoms with Crippen molar-refractivity contribution in [3.8, 4) is 0 Å². The van der Waals surface area contributed by atoms with Crippen molar-refractivity contribution in [1.29, 1.82) is 0 Å². The van der Waals surface area contributed by atoms with Crippen molar-refractivity contribution in [3.05, 3.63) is 18.2 Å². The van der Waals surface area contributed by atoms with Crippen LogP contribution in [0.5, 0.6) is 0 Å². The Morgan fingerprint density at radius 1 is 1.21 bits per heavy atom. The second-order valence-corrected chi connectivity index (χ2v) is 7.40. The van der Waals surface area contributed by atoms with Gasteiger partial charge in [0.2, 0.25) is 0 Å². The van der Waals surface area contributed by atoms with E-state index >= 15 is 0 Å². The molecule has 1 aliphatic heterocycles. The number of hydrogen-bond donors (Lipinski definition) is 3. The van der Waals surface area contributed by atoms with E-state index < -0.39 is 53.9 Å². The molecule has 24 heavy (non-hydrogen) atoms. The van der Waals surface area contributed by atoms with E-state index in [-0.39, 0.29) is 5.71 Å². The molecular weight excluding hydrogens is 366 g/mol. The van der Waals surface area contributed by atoms with E-state index in [4.69, 9.17) is 4.55 Å². The molecular formula is C11H11N3O8S2. The molecule has 0 saturated carbocycles. The molecule has 0 atom stereocenters. The lowest BCUT2D eigenvalue weighted by atomic mass is 10.2. The van der Waals surface area contributed by atoms with Crippen molar-refractivity contribution < 1.29 is 35.5 Å². The summed E-state index contributed by atoms with van der Waals surface area (Å²) in [6.07, 6.45) is -0.458. The second-order valence-electron chi connectivity index (χ2n) is 4.59. The maximum atomic E-state index is 12.0. The van der Waals surface area contributed by atoms with Crippen molar-refractivity contribution >= 4 is 43.4 Å². The lowest BCUT2D eigenvalue weighted by molar-refractivity contribution is -0.118. The monoisotopic (exact) mass is 377 g/mol. The summed E-state index contributed by atoms with van der Waals surface area (Å²) in [5.74, 6) is -1.52. The minimum absolute atomic E-state index is 0.235. The fraction of sp³-hybridized carbons (Fsp3) is 0.182. The molecule has 0 radical (unpaired) electrons. The molecule has 1 aromatic rings. The summed E-state index contributed by atoms with van der Waals surface area (Å²) in [7, 11) is -8.26. The highest BCUT2D eigenvalue weighted by Crippen LogP contribution is 2.31. The largest absolute Gasteiger partial charge is 0.354 e. The average Bonchev–Trinajstić information content (AvgIpc) is 2.85. The van der Waals surface area contributed by atoms with Crippen LogP contribution < -0.4 is 10.3 Å². The van der Waals surface area contributed by atoms with E-state index in [2.05, 4.69) is 10.4 Å². The molecule has 0 unspecified atom stereocenters. The highest BCUT2D eigenvalue weighted by molar-refractivity contribution is 7.86. The van der Waals surface area contributed by atoms with Crippen molar-refractivity contribution in [1.82, 2.24) is 5.32 Å². The molecule has 2 rings (SSSR count). The van der Waals surface area contributed by atoms with Crippen LogP contribution in [-0.4, -0.2) is 50.5 Å². The van der Waals surface area contributed by atoms with Crippen molar-refractivity contribution in [2.45, 2.75) is 16.2 Å². The number of nitrogens with zero attached hydrogens (tertiary/aromatic N) is 2. The second kappa shape index (κ2) is 5.94. The first-order valence-electron chi connectivity index (χ1n) is 6.16. The van der Waals surface area contributed by atoms with Gasteiger partial charge >= 0.3 is 0 Å². The molecule has 0 saturated heterocycles. The number of hydrogen-bond acceptors (Lipinski definition) is 7. The van der Waals surface area contributed by atoms with Gasteiger partial charge in [-0.3, -0.25) is 18.7 Å². The third-order valence-corrected chi connectivity index (χ3v) is 4.75. The molecule has 0 spiro atoms. The quantitative estimate of drug-likeness (QED) is 0.562. The minimum atomic E-state index is -4.84. The van der Waals surface area contributed by atoms with Crippen LogP contribution in [0.2, 0.25) is 0 Å². The number of amides is 2. The van der Waals surface area contributed by atoms with Gasteiger partial charge in [0.05, 0.1) is 17.0 Å². The smallest absolute Gasteiger partial charge is 0.296 e. The topological polar surface area (TPSA) is 171 Å². The van der Waals surface area contributed by atoms with Crippen molar-refractivity contribution in [2.24, 2.45) is 5.10 Å². The molecule has 0 aliphatic carbocycles. The van der Waals surface area contributed by atoms with Gasteiger partial charge in [0, 0.05) is 7.05 Å². The molecule has 11 nitrogen and oxygen atoms in total. The van der Waals surface area contributed by atoms with E-state index in [1.165, 1.54) is 7.05 Å². The van der Waals surface area contributed by atoms with Crippen LogP contribution in [0, 0.1) is 0 Å². The van der Waals surface area contributed by atoms with Gasteiger partial charge in [-0.2, -0.15) is 26.9 Å². The van der Waals surface area contributed by atoms with Gasteiger partial charge in [-0.05, 0) is 18.2 Å². The molecule has 3 N–H and O–H groups in total. The summed E-state index contributed by atoms with van der Waals surface area (Å²) in [5, 5.41) is 6.35. The van der Waals surface area contributed by atoms with Gasteiger partial charge in [-0.15, -0.1) is 0 Å². The number of benzene rings is 1. The molecule has 0 fully saturated rings. The van der Waals surface area contributed by atoms with Crippen LogP contribution in [0.15, 0.2) is 33.1 Å². The number of carbonyl (C=O) groups excluding carboxylic acids is 2. The normalized spacial score (nSPS) is 15.4. The van der Waals surface area contributed by atoms with Gasteiger partial charge in [0.1, 0.15) is 10.6 Å². The Kier molecular flexibility index (Phi) is 4.45. The molecule has 130 valence electrons. The predicted octanol–water partition coefficient (Wildman–Crippen LogP) is -0.981. The molecule has 2 amide bonds. The fourth-order valence-electron chi connectivity index (χ4n) is 1.93. The van der Waals surface area contributed by atoms with Crippen LogP contribution in [0.1, 0.15) is 6.42 Å². The number of carbonyl (C=O) groups is 2. The Bertz CT molecular complexity index is 965. The van der Waals surface area contributed by atoms with Crippen LogP contribution >= 0.6 is 0 Å². The third kappa shape index (κ3) is 3.43. The highest BCUT2D eigenvalue weighted by Gasteiger charge is 2.33. The maximum absolute atomic E-state index is 12.0. The summed E-state index contributed by atoms with van der Waals surface area (Å²) in [6.45, 7) is 0. The van der Waals surface area contributed by atoms with E-state index in [0.717, 1.165) is 6.07 Å². The first-order valence-corrected chi connectivity index (χ1v) is 9.04. The average molecular weight is 377 g/mol. The summed E-state index contributed by atoms with van der Waals surface area (Å²) >= 11 is 0. The number of rotatable bonds is 4. The molecule has 1 aliphatic rings. The first kappa shape index (κ1) is 18.0. The Hall–Kier alpha value is -2.35. The van der Waals surface area contributed by atoms with E-state index in [1.54, 1.807) is 0 Å². The van der Waals surface area contributed by atoms with Gasteiger partial charge in [-0.1, -0.05) is 0 Å². The van der Waals surface area contributed by atoms with E-state index in [9.17, 15) is 31.0 Å². The minimum Gasteiger partial charge on any atom is -0.354 e. The lowest BCUT2D eigenvalue weighted by Crippen LogP contribution is -2.26. The summed E-state index contributed by atoms with van der Waals surface area (Å²) in [6, 6.07) is 2.06. The zero-order valence-electron chi connectivity index (χ0n) is 12.0. The standard InChI is InChI=1S/C11H11N3O8S2/c1-12-11(16)7-5-10(15)14(13-7)8-4-6(23(17,18)19)2-3-9(8)24(20,21)22/h2-4H,5H2,1H3,(H,12,16)(H,17,18,19)(H,20,21,22). The van der Waals surface area contributed by atoms with Gasteiger partial charge < -0.3 is 5.32 Å². The van der Waals surface area contributed by atoms with Crippen molar-refractivity contribution in [2.75, 3.05) is 12.1 Å². The van der Waals surface area contributed by atoms with Crippen molar-refractivity contribution in [3.63, 3.8) is 0 Å². The van der Waals surface area contributed by atoms with Gasteiger partial charge in [-0.25, -0.2) is 0 Å². The van der Waals surface area contributed by atoms with E-state index in [1.807, 2.05) is 0 Å². The maximum Gasteiger partial charge on any atom is 0.296 e. The Morgan fingerprint density at radius 2 is 1.83 bits per heavy atom. The summed E-state index contributed by atoms with van der Waals surface area (Å²) < 4.78 is 63.5. The third-order valence-electron chi connectivity index (χ3n) is 3.00. The van der Waals surface area contributed by atoms with Gasteiger partial charge in [0.25, 0.3) is 32.1 Å². The van der Waals surface area contributed by atoms with Gasteiger partial charge in [0.15, 0.2) is 0 Å². The fourth-order valence-corrected chi connectivity index (χ4v) is 3.08. The summed E-state index contributed by atoms with van der Waals surface area (Å²) in [5.41, 5.74) is -0.849. The van der Waals surface area contributed by atoms with Crippen LogP contribution in [0.25, 0.3) is 0 Å². The molecule has 13 heteroatoms. The Labute approximate surface area is 136 Å². The van der Waals surface area contributed by atoms with Crippen LogP contribution in [0.4, 0.5) is 5.69 Å². The number of hydrazone groups is 1. The van der Waals surface area contributed by atoms with Crippen LogP contribution in [-0.2, 0) is 29.8 Å². The highest BCUT2D eigenvalue weighted by atomic mass is 32.2. The predicted molar refractivity (Wildman–Crippen MR) is 79.7 cm³/mol. The number of anilines is 1. The SMILES string of the molecule is CNC(=O)C1=NN(c2cc(S(=O)(=O)O)ccc2S(=O)(=O)O)C(=O)C1. The molecule has 1 heterocycles. The summed E-state index contributed by atoms with van der Waals surface area (Å²) in [4.78, 5) is 22.0. The Morgan fingerprint density at radius 3 is 2.33 bits per heavy atom.